The minimum Gasteiger partial charge on any atom is -0.461 e. The predicted octanol–water partition coefficient (Wildman–Crippen LogP) is 3.34. The van der Waals surface area contributed by atoms with E-state index < -0.39 is 81.3 Å². The average Bonchev–Trinajstić information content (AvgIpc) is 3.20. The van der Waals surface area contributed by atoms with Gasteiger partial charge in [-0.2, -0.15) is 0 Å². The molecular weight excluding hydrogens is 520 g/mol. The fourth-order valence-electron chi connectivity index (χ4n) is 8.19. The number of hydrogen-bond donors (Lipinski definition) is 1. The fraction of sp³-hybridized carbons (Fsp3) is 0.733. The van der Waals surface area contributed by atoms with E-state index in [4.69, 9.17) is 23.7 Å². The van der Waals surface area contributed by atoms with Gasteiger partial charge in [0.05, 0.1) is 6.10 Å². The molecule has 5 aliphatic rings. The maximum atomic E-state index is 14.1. The molecule has 222 valence electrons. The van der Waals surface area contributed by atoms with Gasteiger partial charge in [0.25, 0.3) is 0 Å². The summed E-state index contributed by atoms with van der Waals surface area (Å²) in [4.78, 5) is 52.7. The molecule has 0 aromatic carbocycles. The van der Waals surface area contributed by atoms with Gasteiger partial charge in [-0.3, -0.25) is 14.4 Å². The molecule has 1 saturated carbocycles. The second-order valence-corrected chi connectivity index (χ2v) is 12.6. The molecule has 0 radical (unpaired) electrons. The number of cyclic esters (lactones) is 3. The number of fused-ring (bicyclic) bond motifs is 1. The first-order valence-electron chi connectivity index (χ1n) is 13.9. The van der Waals surface area contributed by atoms with E-state index >= 15 is 0 Å². The topological polar surface area (TPSA) is 135 Å². The lowest BCUT2D eigenvalue weighted by Gasteiger charge is -2.66. The molecule has 40 heavy (non-hydrogen) atoms. The first-order chi connectivity index (χ1) is 18.3. The standard InChI is InChI=1S/C28H36O10.C2H6/c1-14(2)23(7)19(35-16(4)29)28-15(3)26(11-10-18(31)36-22(26,5)6)12-17(30)24(28,8)25(9)20(32)34-13-27(25,38-28)21(33)37-23;1-2/h17,19,30H,1,3,10-13H2,2,4-9H3;1-2H3/t17-,19-,23+,24-,25+,26+,27-,28?;/m0./s1. The molecule has 10 nitrogen and oxygen atoms in total. The van der Waals surface area contributed by atoms with E-state index in [-0.39, 0.29) is 19.3 Å². The third kappa shape index (κ3) is 2.96. The summed E-state index contributed by atoms with van der Waals surface area (Å²) in [6, 6.07) is 0. The first kappa shape index (κ1) is 30.2. The van der Waals surface area contributed by atoms with Gasteiger partial charge in [-0.05, 0) is 58.6 Å². The molecule has 0 aromatic rings. The summed E-state index contributed by atoms with van der Waals surface area (Å²) in [5.41, 5.74) is -10.3. The lowest BCUT2D eigenvalue weighted by molar-refractivity contribution is -0.256. The SMILES string of the molecule is C=C1C23O[C@@]4(COC(=O)[C@]4(C)[C@]2(C)[C@@H](O)C[C@]12CCC(=O)OC2(C)C)C(=O)O[C@](C)(C(=C)C)[C@@H]3OC(C)=O.CC. The molecule has 2 bridgehead atoms. The van der Waals surface area contributed by atoms with E-state index in [1.807, 2.05) is 13.8 Å². The van der Waals surface area contributed by atoms with Crippen LogP contribution in [0.4, 0.5) is 0 Å². The summed E-state index contributed by atoms with van der Waals surface area (Å²) in [5.74, 6) is -2.72. The van der Waals surface area contributed by atoms with Gasteiger partial charge in [-0.15, -0.1) is 0 Å². The van der Waals surface area contributed by atoms with Crippen molar-refractivity contribution >= 4 is 23.9 Å². The second-order valence-electron chi connectivity index (χ2n) is 12.6. The van der Waals surface area contributed by atoms with Gasteiger partial charge in [0.15, 0.2) is 11.7 Å². The summed E-state index contributed by atoms with van der Waals surface area (Å²) in [6.07, 6.45) is -2.34. The third-order valence-corrected chi connectivity index (χ3v) is 10.9. The molecular formula is C30H42O10. The molecule has 5 rings (SSSR count). The Hall–Kier alpha value is -2.72. The van der Waals surface area contributed by atoms with Crippen molar-refractivity contribution in [2.75, 3.05) is 6.61 Å². The number of ether oxygens (including phenoxy) is 5. The molecule has 4 heterocycles. The van der Waals surface area contributed by atoms with Crippen LogP contribution in [-0.4, -0.2) is 70.2 Å². The summed E-state index contributed by atoms with van der Waals surface area (Å²) in [5, 5.41) is 12.2. The zero-order valence-corrected chi connectivity index (χ0v) is 25.0. The Morgan fingerprint density at radius 1 is 1.02 bits per heavy atom. The highest BCUT2D eigenvalue weighted by Gasteiger charge is 2.93. The zero-order chi connectivity index (χ0) is 30.5. The van der Waals surface area contributed by atoms with Crippen LogP contribution in [0.15, 0.2) is 24.3 Å². The molecule has 5 fully saturated rings. The normalized spacial score (nSPS) is 46.5. The Bertz CT molecular complexity index is 1220. The van der Waals surface area contributed by atoms with Crippen LogP contribution < -0.4 is 0 Å². The molecule has 1 unspecified atom stereocenters. The van der Waals surface area contributed by atoms with Crippen LogP contribution in [0.2, 0.25) is 0 Å². The summed E-state index contributed by atoms with van der Waals surface area (Å²) >= 11 is 0. The van der Waals surface area contributed by atoms with Crippen molar-refractivity contribution in [2.24, 2.45) is 16.2 Å². The molecule has 1 aliphatic carbocycles. The van der Waals surface area contributed by atoms with Crippen molar-refractivity contribution in [3.05, 3.63) is 24.3 Å². The van der Waals surface area contributed by atoms with E-state index in [9.17, 15) is 24.3 Å². The molecule has 4 aliphatic heterocycles. The Balaban J connectivity index is 0.00000181. The van der Waals surface area contributed by atoms with Crippen molar-refractivity contribution < 1.29 is 48.0 Å². The number of aliphatic hydroxyl groups is 1. The van der Waals surface area contributed by atoms with Crippen molar-refractivity contribution in [3.63, 3.8) is 0 Å². The molecule has 0 aromatic heterocycles. The summed E-state index contributed by atoms with van der Waals surface area (Å²) in [6.45, 7) is 23.2. The molecule has 1 N–H and O–H groups in total. The zero-order valence-electron chi connectivity index (χ0n) is 25.0. The van der Waals surface area contributed by atoms with E-state index in [0.717, 1.165) is 0 Å². The Kier molecular flexibility index (Phi) is 6.54. The number of aliphatic hydroxyl groups excluding tert-OH is 1. The van der Waals surface area contributed by atoms with Crippen molar-refractivity contribution in [1.82, 2.24) is 0 Å². The van der Waals surface area contributed by atoms with Gasteiger partial charge >= 0.3 is 23.9 Å². The van der Waals surface area contributed by atoms with E-state index in [2.05, 4.69) is 13.2 Å². The van der Waals surface area contributed by atoms with Crippen LogP contribution in [0.3, 0.4) is 0 Å². The Morgan fingerprint density at radius 2 is 1.62 bits per heavy atom. The van der Waals surface area contributed by atoms with Crippen molar-refractivity contribution in [3.8, 4) is 0 Å². The first-order valence-corrected chi connectivity index (χ1v) is 13.9. The number of carbonyl (C=O) groups excluding carboxylic acids is 4. The van der Waals surface area contributed by atoms with E-state index in [1.165, 1.54) is 13.8 Å². The Morgan fingerprint density at radius 3 is 2.15 bits per heavy atom. The maximum absolute atomic E-state index is 14.1. The van der Waals surface area contributed by atoms with Gasteiger partial charge < -0.3 is 28.8 Å². The van der Waals surface area contributed by atoms with Gasteiger partial charge in [0.1, 0.15) is 23.2 Å². The smallest absolute Gasteiger partial charge is 0.344 e. The quantitative estimate of drug-likeness (QED) is 0.303. The van der Waals surface area contributed by atoms with Crippen LogP contribution in [-0.2, 0) is 42.9 Å². The van der Waals surface area contributed by atoms with E-state index in [1.54, 1.807) is 34.6 Å². The maximum Gasteiger partial charge on any atom is 0.344 e. The highest BCUT2D eigenvalue weighted by atomic mass is 16.7. The van der Waals surface area contributed by atoms with Gasteiger partial charge in [0.2, 0.25) is 5.60 Å². The predicted molar refractivity (Wildman–Crippen MR) is 142 cm³/mol. The lowest BCUT2D eigenvalue weighted by Crippen LogP contribution is -2.76. The van der Waals surface area contributed by atoms with Crippen LogP contribution in [0.5, 0.6) is 0 Å². The highest BCUT2D eigenvalue weighted by Crippen LogP contribution is 2.78. The van der Waals surface area contributed by atoms with Crippen molar-refractivity contribution in [1.29, 1.82) is 0 Å². The van der Waals surface area contributed by atoms with Gasteiger partial charge in [0, 0.05) is 24.2 Å². The molecule has 0 amide bonds. The van der Waals surface area contributed by atoms with Crippen LogP contribution in [0.25, 0.3) is 0 Å². The highest BCUT2D eigenvalue weighted by molar-refractivity contribution is 5.97. The van der Waals surface area contributed by atoms with Crippen LogP contribution >= 0.6 is 0 Å². The average molecular weight is 563 g/mol. The van der Waals surface area contributed by atoms with Crippen LogP contribution in [0.1, 0.15) is 81.6 Å². The number of hydrogen-bond acceptors (Lipinski definition) is 10. The summed E-state index contributed by atoms with van der Waals surface area (Å²) < 4.78 is 30.2. The Labute approximate surface area is 235 Å². The monoisotopic (exact) mass is 562 g/mol. The number of esters is 4. The molecule has 8 atom stereocenters. The van der Waals surface area contributed by atoms with Gasteiger partial charge in [-0.1, -0.05) is 33.9 Å². The largest absolute Gasteiger partial charge is 0.461 e. The fourth-order valence-corrected chi connectivity index (χ4v) is 8.19. The number of carbonyl (C=O) groups is 4. The number of rotatable bonds is 2. The van der Waals surface area contributed by atoms with Crippen molar-refractivity contribution in [2.45, 2.75) is 116 Å². The molecule has 3 spiro atoms. The second kappa shape index (κ2) is 8.64. The molecule has 10 heteroatoms. The lowest BCUT2D eigenvalue weighted by atomic mass is 9.40. The minimum atomic E-state index is -1.98. The van der Waals surface area contributed by atoms with Gasteiger partial charge in [-0.25, -0.2) is 4.79 Å². The molecule has 4 saturated heterocycles. The minimum absolute atomic E-state index is 0.0534. The third-order valence-electron chi connectivity index (χ3n) is 10.9. The van der Waals surface area contributed by atoms with Crippen LogP contribution in [0, 0.1) is 16.2 Å². The van der Waals surface area contributed by atoms with E-state index in [0.29, 0.717) is 11.1 Å². The summed E-state index contributed by atoms with van der Waals surface area (Å²) in [7, 11) is 0.